The van der Waals surface area contributed by atoms with Crippen LogP contribution >= 0.6 is 7.82 Å². The predicted molar refractivity (Wildman–Crippen MR) is 43.5 cm³/mol. The normalized spacial score (nSPS) is 9.40. The van der Waals surface area contributed by atoms with Gasteiger partial charge in [-0.1, -0.05) is 0 Å². The molecule has 0 rings (SSSR count). The minimum absolute atomic E-state index is 0. The Morgan fingerprint density at radius 1 is 1.20 bits per heavy atom. The van der Waals surface area contributed by atoms with E-state index in [9.17, 15) is 0 Å². The van der Waals surface area contributed by atoms with E-state index < -0.39 is 24.3 Å². The van der Waals surface area contributed by atoms with Crippen molar-refractivity contribution in [3.05, 3.63) is 0 Å². The van der Waals surface area contributed by atoms with E-state index in [4.69, 9.17) is 41.6 Å². The zero-order valence-corrected chi connectivity index (χ0v) is 10.9. The Balaban J connectivity index is -0.0000000590. The van der Waals surface area contributed by atoms with Crippen molar-refractivity contribution in [2.24, 2.45) is 11.5 Å². The maximum absolute atomic E-state index is 9.00. The van der Waals surface area contributed by atoms with E-state index in [0.29, 0.717) is 0 Å². The largest absolute Gasteiger partial charge is 2.00 e. The molecule has 0 saturated heterocycles. The number of primary amides is 2. The fourth-order valence-electron chi connectivity index (χ4n) is 0. The Bertz CT molecular complexity index is 273. The molecule has 15 heavy (non-hydrogen) atoms. The zero-order chi connectivity index (χ0) is 12.6. The summed E-state index contributed by atoms with van der Waals surface area (Å²) in [5, 5.41) is 0. The number of carbonyl (C=O) groups excluding carboxylic acids is 1. The summed E-state index contributed by atoms with van der Waals surface area (Å²) in [4.78, 5) is 33.3. The van der Waals surface area contributed by atoms with Crippen LogP contribution in [0.1, 0.15) is 0 Å². The van der Waals surface area contributed by atoms with Gasteiger partial charge < -0.3 is 30.7 Å². The van der Waals surface area contributed by atoms with Gasteiger partial charge in [0.25, 0.3) is 0 Å². The van der Waals surface area contributed by atoms with Crippen LogP contribution in [0.3, 0.4) is 0 Å². The first-order valence-electron chi connectivity index (χ1n) is 2.23. The summed E-state index contributed by atoms with van der Waals surface area (Å²) in [5.41, 5.74) is 8.50. The number of nitrogens with two attached hydrogens (primary N) is 2. The van der Waals surface area contributed by atoms with Gasteiger partial charge in [-0.25, -0.2) is 4.79 Å². The molecular weight excluding hydrogens is 287 g/mol. The number of hydrogen-bond donors (Lipinski definition) is 5. The van der Waals surface area contributed by atoms with Crippen LogP contribution in [0.15, 0.2) is 0 Å². The maximum atomic E-state index is 9.00. The molecule has 2 amide bonds. The average Bonchev–Trinajstić information content (AvgIpc) is 1.45. The summed E-state index contributed by atoms with van der Waals surface area (Å²) in [6.07, 6.45) is 0. The molecule has 0 radical (unpaired) electrons. The van der Waals surface area contributed by atoms with Crippen LogP contribution in [0.4, 0.5) is 4.79 Å². The monoisotopic (exact) mass is 294 g/mol. The zero-order valence-electron chi connectivity index (χ0n) is 7.01. The molecule has 0 aromatic carbocycles. The molecule has 0 spiro atoms. The molecule has 7 N–H and O–H groups in total. The first-order valence-corrected chi connectivity index (χ1v) is 5.12. The molecule has 0 fully saturated rings. The molecule has 0 aliphatic rings. The second-order valence-corrected chi connectivity index (χ2v) is 3.15. The Kier molecular flexibility index (Phi) is 18.1. The van der Waals surface area contributed by atoms with E-state index in [1.165, 1.54) is 0 Å². The molecule has 0 aliphatic carbocycles. The van der Waals surface area contributed by atoms with Crippen LogP contribution in [0.2, 0.25) is 0 Å². The summed E-state index contributed by atoms with van der Waals surface area (Å²) in [6, 6.07) is -0.833. The number of hydrogen-bond acceptors (Lipinski definition) is 6. The van der Waals surface area contributed by atoms with E-state index in [1.807, 2.05) is 0 Å². The number of carbonyl (C=O) groups is 1. The van der Waals surface area contributed by atoms with Crippen molar-refractivity contribution in [1.29, 1.82) is 0 Å². The molecule has 0 aliphatic heterocycles. The average molecular weight is 294 g/mol. The van der Waals surface area contributed by atoms with Crippen molar-refractivity contribution in [2.75, 3.05) is 0 Å². The van der Waals surface area contributed by atoms with Crippen molar-refractivity contribution >= 4 is 62.0 Å². The number of rotatable bonds is 0. The van der Waals surface area contributed by atoms with Gasteiger partial charge in [-0.15, -0.1) is 0 Å². The van der Waals surface area contributed by atoms with Gasteiger partial charge >= 0.3 is 54.2 Å². The fraction of sp³-hybridized carbons (Fsp3) is 0. The SMILES string of the molecule is NC(N)=O.O=P([O-])([O-])O.O=S(=O)(O)O.[Ca+2]. The second-order valence-electron chi connectivity index (χ2n) is 1.32. The molecule has 0 heterocycles. The molecule has 0 atom stereocenters. The van der Waals surface area contributed by atoms with Crippen LogP contribution in [0.25, 0.3) is 0 Å². The third-order valence-electron chi connectivity index (χ3n) is 0. The van der Waals surface area contributed by atoms with E-state index >= 15 is 0 Å². The summed E-state index contributed by atoms with van der Waals surface area (Å²) in [7, 11) is -9.81. The van der Waals surface area contributed by atoms with Crippen molar-refractivity contribution in [3.63, 3.8) is 0 Å². The minimum atomic E-state index is -5.14. The third kappa shape index (κ3) is 8740. The van der Waals surface area contributed by atoms with E-state index in [-0.39, 0.29) is 37.7 Å². The topological polar surface area (TPSA) is 227 Å². The first-order chi connectivity index (χ1) is 5.73. The first kappa shape index (κ1) is 24.6. The molecule has 0 aromatic heterocycles. The number of urea groups is 1. The molecule has 0 unspecified atom stereocenters. The van der Waals surface area contributed by atoms with Gasteiger partial charge in [0.1, 0.15) is 0 Å². The quantitative estimate of drug-likeness (QED) is 0.165. The van der Waals surface area contributed by atoms with Crippen LogP contribution < -0.4 is 21.3 Å². The van der Waals surface area contributed by atoms with E-state index in [1.54, 1.807) is 0 Å². The maximum Gasteiger partial charge on any atom is 2.00 e. The molecule has 14 heteroatoms. The smallest absolute Gasteiger partial charge is 0.790 e. The van der Waals surface area contributed by atoms with Crippen LogP contribution in [0, 0.1) is 0 Å². The van der Waals surface area contributed by atoms with E-state index in [2.05, 4.69) is 11.5 Å². The number of amides is 2. The van der Waals surface area contributed by atoms with Crippen molar-refractivity contribution < 1.29 is 41.6 Å². The Hall–Kier alpha value is 0.510. The standard InChI is InChI=1S/CH4N2O.Ca.H3O4P.H2O4S/c2-1(3)4;;2*1-5(2,3)4/h(H4,2,3,4);;(H3,1,2,3,4);(H2,1,2,3,4)/q;+2;;/p-2. The molecule has 0 bridgehead atoms. The van der Waals surface area contributed by atoms with Crippen molar-refractivity contribution in [2.45, 2.75) is 0 Å². The van der Waals surface area contributed by atoms with Crippen LogP contribution in [0.5, 0.6) is 0 Å². The Labute approximate surface area is 114 Å². The van der Waals surface area contributed by atoms with Crippen molar-refractivity contribution in [3.8, 4) is 0 Å². The molecule has 88 valence electrons. The predicted octanol–water partition coefficient (Wildman–Crippen LogP) is -4.20. The van der Waals surface area contributed by atoms with Gasteiger partial charge in [-0.3, -0.25) is 9.11 Å². The Morgan fingerprint density at radius 3 is 1.20 bits per heavy atom. The van der Waals surface area contributed by atoms with Crippen molar-refractivity contribution in [1.82, 2.24) is 0 Å². The third-order valence-corrected chi connectivity index (χ3v) is 0. The van der Waals surface area contributed by atoms with E-state index in [0.717, 1.165) is 0 Å². The van der Waals surface area contributed by atoms with Gasteiger partial charge in [0.2, 0.25) is 0 Å². The second kappa shape index (κ2) is 11.0. The van der Waals surface area contributed by atoms with Gasteiger partial charge in [-0.05, 0) is 0 Å². The van der Waals surface area contributed by atoms with Gasteiger partial charge in [0.15, 0.2) is 0 Å². The molecular formula is CH7CaN2O9PS. The molecule has 0 aromatic rings. The number of phosphoric acid groups is 1. The Morgan fingerprint density at radius 2 is 1.20 bits per heavy atom. The van der Waals surface area contributed by atoms with Crippen LogP contribution in [-0.2, 0) is 15.0 Å². The fourth-order valence-corrected chi connectivity index (χ4v) is 0. The summed E-state index contributed by atoms with van der Waals surface area (Å²) in [5.74, 6) is 0. The molecule has 0 saturated carbocycles. The minimum Gasteiger partial charge on any atom is -0.790 e. The summed E-state index contributed by atoms with van der Waals surface area (Å²) >= 11 is 0. The summed E-state index contributed by atoms with van der Waals surface area (Å²) < 4.78 is 40.2. The van der Waals surface area contributed by atoms with Gasteiger partial charge in [-0.2, -0.15) is 8.42 Å². The van der Waals surface area contributed by atoms with Gasteiger partial charge in [0.05, 0.1) is 7.82 Å². The van der Waals surface area contributed by atoms with Crippen LogP contribution in [-0.4, -0.2) is 66.2 Å². The summed E-state index contributed by atoms with van der Waals surface area (Å²) in [6.45, 7) is 0. The molecule has 11 nitrogen and oxygen atoms in total. The van der Waals surface area contributed by atoms with Gasteiger partial charge in [0, 0.05) is 0 Å².